The largest absolute Gasteiger partial charge is 0.398 e. The number of nitrogens with one attached hydrogen (secondary N) is 3. The van der Waals surface area contributed by atoms with Crippen LogP contribution in [0, 0.1) is 0 Å². The van der Waals surface area contributed by atoms with E-state index in [0.717, 1.165) is 5.56 Å². The minimum atomic E-state index is -4.25. The third-order valence-electron chi connectivity index (χ3n) is 6.13. The van der Waals surface area contributed by atoms with Crippen molar-refractivity contribution in [1.29, 1.82) is 0 Å². The molecular formula is C23H24F3N3O2. The molecule has 3 N–H and O–H groups in total. The van der Waals surface area contributed by atoms with Crippen molar-refractivity contribution >= 4 is 11.8 Å². The normalized spacial score (nSPS) is 23.5. The summed E-state index contributed by atoms with van der Waals surface area (Å²) in [7, 11) is 0. The molecule has 1 aliphatic heterocycles. The number of carbonyl (C=O) groups is 2. The summed E-state index contributed by atoms with van der Waals surface area (Å²) in [5.41, 5.74) is 0.0910. The first-order chi connectivity index (χ1) is 14.7. The van der Waals surface area contributed by atoms with Crippen molar-refractivity contribution in [3.8, 4) is 0 Å². The number of amides is 2. The molecule has 2 aliphatic rings. The summed E-state index contributed by atoms with van der Waals surface area (Å²) in [6.07, 6.45) is -4.49. The summed E-state index contributed by atoms with van der Waals surface area (Å²) in [6.45, 7) is 1.77. The Morgan fingerprint density at radius 1 is 1.10 bits per heavy atom. The smallest absolute Gasteiger partial charge is 0.348 e. The third kappa shape index (κ3) is 4.30. The van der Waals surface area contributed by atoms with Crippen LogP contribution in [0.1, 0.15) is 55.1 Å². The highest BCUT2D eigenvalue weighted by atomic mass is 19.4. The van der Waals surface area contributed by atoms with Gasteiger partial charge in [0.05, 0.1) is 23.9 Å². The number of halogens is 3. The van der Waals surface area contributed by atoms with E-state index in [1.165, 1.54) is 12.1 Å². The van der Waals surface area contributed by atoms with E-state index in [-0.39, 0.29) is 36.6 Å². The van der Waals surface area contributed by atoms with E-state index in [4.69, 9.17) is 0 Å². The van der Waals surface area contributed by atoms with Gasteiger partial charge in [-0.2, -0.15) is 13.2 Å². The molecule has 164 valence electrons. The van der Waals surface area contributed by atoms with Crippen LogP contribution in [-0.4, -0.2) is 24.0 Å². The van der Waals surface area contributed by atoms with Crippen molar-refractivity contribution in [2.45, 2.75) is 56.0 Å². The van der Waals surface area contributed by atoms with Crippen LogP contribution in [0.2, 0.25) is 0 Å². The van der Waals surface area contributed by atoms with Gasteiger partial charge in [0.25, 0.3) is 0 Å². The van der Waals surface area contributed by atoms with E-state index in [0.29, 0.717) is 5.56 Å². The molecule has 1 saturated heterocycles. The van der Waals surface area contributed by atoms with Gasteiger partial charge in [0, 0.05) is 0 Å². The number of hydrogen-bond donors (Lipinski definition) is 3. The predicted molar refractivity (Wildman–Crippen MR) is 109 cm³/mol. The molecule has 5 nitrogen and oxygen atoms in total. The van der Waals surface area contributed by atoms with Gasteiger partial charge >= 0.3 is 6.18 Å². The zero-order valence-corrected chi connectivity index (χ0v) is 17.0. The molecule has 0 spiro atoms. The molecule has 1 aliphatic carbocycles. The summed E-state index contributed by atoms with van der Waals surface area (Å²) in [5.74, 6) is -0.562. The second-order valence-corrected chi connectivity index (χ2v) is 8.27. The van der Waals surface area contributed by atoms with Crippen molar-refractivity contribution in [1.82, 2.24) is 16.0 Å². The van der Waals surface area contributed by atoms with Crippen LogP contribution >= 0.6 is 0 Å². The molecule has 0 aromatic heterocycles. The van der Waals surface area contributed by atoms with Gasteiger partial charge in [-0.15, -0.1) is 0 Å². The fourth-order valence-corrected chi connectivity index (χ4v) is 4.05. The molecule has 4 rings (SSSR count). The highest BCUT2D eigenvalue weighted by Crippen LogP contribution is 2.58. The van der Waals surface area contributed by atoms with Crippen molar-refractivity contribution in [3.05, 3.63) is 71.3 Å². The Hall–Kier alpha value is -2.87. The third-order valence-corrected chi connectivity index (χ3v) is 6.13. The standard InChI is InChI=1S/C23H24F3N3O2/c1-14(15-7-9-17(10-8-15)22(11-12-22)23(24,25)26)27-21(31)18-13-19(30)29-20(28-18)16-5-3-2-4-6-16/h2-10,14,18,20,28H,11-13H2,1H3,(H,27,31)(H,29,30). The maximum atomic E-state index is 13.3. The predicted octanol–water partition coefficient (Wildman–Crippen LogP) is 3.63. The van der Waals surface area contributed by atoms with E-state index in [2.05, 4.69) is 16.0 Å². The molecule has 8 heteroatoms. The van der Waals surface area contributed by atoms with Crippen LogP contribution in [0.3, 0.4) is 0 Å². The summed E-state index contributed by atoms with van der Waals surface area (Å²) < 4.78 is 39.9. The first-order valence-corrected chi connectivity index (χ1v) is 10.3. The van der Waals surface area contributed by atoms with Gasteiger partial charge in [0.15, 0.2) is 0 Å². The lowest BCUT2D eigenvalue weighted by atomic mass is 9.93. The van der Waals surface area contributed by atoms with Crippen LogP contribution in [0.5, 0.6) is 0 Å². The molecule has 2 amide bonds. The van der Waals surface area contributed by atoms with Crippen LogP contribution in [0.4, 0.5) is 13.2 Å². The van der Waals surface area contributed by atoms with Crippen molar-refractivity contribution in [2.24, 2.45) is 0 Å². The molecule has 0 bridgehead atoms. The Morgan fingerprint density at radius 3 is 2.32 bits per heavy atom. The number of alkyl halides is 3. The average molecular weight is 431 g/mol. The van der Waals surface area contributed by atoms with E-state index in [9.17, 15) is 22.8 Å². The van der Waals surface area contributed by atoms with E-state index in [1.54, 1.807) is 19.1 Å². The van der Waals surface area contributed by atoms with E-state index in [1.807, 2.05) is 30.3 Å². The van der Waals surface area contributed by atoms with Gasteiger partial charge in [-0.25, -0.2) is 0 Å². The molecule has 2 fully saturated rings. The van der Waals surface area contributed by atoms with Gasteiger partial charge in [-0.1, -0.05) is 54.6 Å². The van der Waals surface area contributed by atoms with Crippen molar-refractivity contribution in [3.63, 3.8) is 0 Å². The molecule has 1 heterocycles. The summed E-state index contributed by atoms with van der Waals surface area (Å²) >= 11 is 0. The van der Waals surface area contributed by atoms with E-state index < -0.39 is 29.8 Å². The second kappa shape index (κ2) is 8.00. The Kier molecular flexibility index (Phi) is 5.51. The highest BCUT2D eigenvalue weighted by molar-refractivity contribution is 5.89. The zero-order chi connectivity index (χ0) is 22.2. The first kappa shape index (κ1) is 21.4. The zero-order valence-electron chi connectivity index (χ0n) is 17.0. The Morgan fingerprint density at radius 2 is 1.74 bits per heavy atom. The fraction of sp³-hybridized carbons (Fsp3) is 0.391. The average Bonchev–Trinajstić information content (AvgIpc) is 3.56. The maximum Gasteiger partial charge on any atom is 0.398 e. The van der Waals surface area contributed by atoms with Crippen LogP contribution < -0.4 is 16.0 Å². The highest BCUT2D eigenvalue weighted by Gasteiger charge is 2.64. The van der Waals surface area contributed by atoms with Crippen molar-refractivity contribution < 1.29 is 22.8 Å². The summed E-state index contributed by atoms with van der Waals surface area (Å²) in [5, 5.41) is 8.82. The van der Waals surface area contributed by atoms with Crippen LogP contribution in [-0.2, 0) is 15.0 Å². The van der Waals surface area contributed by atoms with Gasteiger partial charge in [-0.05, 0) is 36.5 Å². The lowest BCUT2D eigenvalue weighted by Crippen LogP contribution is -2.56. The Balaban J connectivity index is 1.41. The fourth-order valence-electron chi connectivity index (χ4n) is 4.05. The van der Waals surface area contributed by atoms with Gasteiger partial charge in [0.2, 0.25) is 11.8 Å². The summed E-state index contributed by atoms with van der Waals surface area (Å²) in [6, 6.07) is 14.4. The lowest BCUT2D eigenvalue weighted by Gasteiger charge is -2.32. The first-order valence-electron chi connectivity index (χ1n) is 10.3. The lowest BCUT2D eigenvalue weighted by molar-refractivity contribution is -0.160. The quantitative estimate of drug-likeness (QED) is 0.677. The topological polar surface area (TPSA) is 70.2 Å². The number of carbonyl (C=O) groups excluding carboxylic acids is 2. The minimum Gasteiger partial charge on any atom is -0.348 e. The molecule has 2 aromatic carbocycles. The SMILES string of the molecule is CC(NC(=O)C1CC(=O)NC(c2ccccc2)N1)c1ccc(C2(C(F)(F)F)CC2)cc1. The molecular weight excluding hydrogens is 407 g/mol. The Labute approximate surface area is 178 Å². The van der Waals surface area contributed by atoms with Gasteiger partial charge in [0.1, 0.15) is 6.17 Å². The van der Waals surface area contributed by atoms with Gasteiger partial charge in [-0.3, -0.25) is 14.9 Å². The second-order valence-electron chi connectivity index (χ2n) is 8.27. The monoisotopic (exact) mass is 431 g/mol. The summed E-state index contributed by atoms with van der Waals surface area (Å²) in [4.78, 5) is 24.9. The number of rotatable bonds is 5. The van der Waals surface area contributed by atoms with E-state index >= 15 is 0 Å². The molecule has 2 aromatic rings. The maximum absolute atomic E-state index is 13.3. The number of benzene rings is 2. The molecule has 0 radical (unpaired) electrons. The molecule has 3 atom stereocenters. The molecule has 1 saturated carbocycles. The van der Waals surface area contributed by atoms with Crippen molar-refractivity contribution in [2.75, 3.05) is 0 Å². The molecule has 31 heavy (non-hydrogen) atoms. The minimum absolute atomic E-state index is 0.00886. The van der Waals surface area contributed by atoms with Crippen LogP contribution in [0.25, 0.3) is 0 Å². The van der Waals surface area contributed by atoms with Crippen LogP contribution in [0.15, 0.2) is 54.6 Å². The number of hydrogen-bond acceptors (Lipinski definition) is 3. The Bertz CT molecular complexity index is 956. The molecule has 3 unspecified atom stereocenters. The van der Waals surface area contributed by atoms with Gasteiger partial charge < -0.3 is 10.6 Å².